The molecule has 0 saturated heterocycles. The van der Waals surface area contributed by atoms with Crippen molar-refractivity contribution in [3.8, 4) is 0 Å². The molecule has 1 amide bonds. The van der Waals surface area contributed by atoms with Gasteiger partial charge in [-0.05, 0) is 36.4 Å². The molecule has 6 heteroatoms. The second-order valence-electron chi connectivity index (χ2n) is 3.74. The number of nitrogens with zero attached hydrogens (tertiary/aromatic N) is 1. The van der Waals surface area contributed by atoms with Crippen LogP contribution in [0.3, 0.4) is 0 Å². The molecule has 0 atom stereocenters. The highest BCUT2D eigenvalue weighted by Crippen LogP contribution is 2.29. The van der Waals surface area contributed by atoms with E-state index in [-0.39, 0.29) is 11.4 Å². The van der Waals surface area contributed by atoms with Crippen molar-refractivity contribution >= 4 is 11.6 Å². The molecule has 0 radical (unpaired) electrons. The molecule has 0 unspecified atom stereocenters. The lowest BCUT2D eigenvalue weighted by molar-refractivity contribution is -0.137. The number of hydrogen-bond acceptors (Lipinski definition) is 2. The lowest BCUT2D eigenvalue weighted by atomic mass is 10.2. The molecule has 3 nitrogen and oxygen atoms in total. The average Bonchev–Trinajstić information content (AvgIpc) is 2.39. The molecule has 0 spiro atoms. The molecule has 1 N–H and O–H groups in total. The number of rotatable bonds is 2. The van der Waals surface area contributed by atoms with E-state index in [4.69, 9.17) is 0 Å². The van der Waals surface area contributed by atoms with Gasteiger partial charge in [0.05, 0.1) is 5.56 Å². The molecule has 0 saturated carbocycles. The van der Waals surface area contributed by atoms with E-state index in [1.165, 1.54) is 24.4 Å². The van der Waals surface area contributed by atoms with Crippen LogP contribution in [0.5, 0.6) is 0 Å². The predicted octanol–water partition coefficient (Wildman–Crippen LogP) is 3.35. The number of alkyl halides is 3. The van der Waals surface area contributed by atoms with Gasteiger partial charge in [0.2, 0.25) is 0 Å². The number of carbonyl (C=O) groups is 1. The molecule has 1 aromatic heterocycles. The zero-order valence-corrected chi connectivity index (χ0v) is 9.61. The number of hydrogen-bond donors (Lipinski definition) is 1. The fourth-order valence-electron chi connectivity index (χ4n) is 1.43. The molecular weight excluding hydrogens is 257 g/mol. The molecule has 2 aromatic rings. The van der Waals surface area contributed by atoms with Crippen LogP contribution in [-0.2, 0) is 6.18 Å². The molecule has 98 valence electrons. The van der Waals surface area contributed by atoms with Crippen molar-refractivity contribution in [3.63, 3.8) is 0 Å². The number of aromatic nitrogens is 1. The smallest absolute Gasteiger partial charge is 0.321 e. The number of halogens is 3. The highest BCUT2D eigenvalue weighted by atomic mass is 19.4. The molecular formula is C13H9F3N2O. The normalized spacial score (nSPS) is 11.1. The van der Waals surface area contributed by atoms with E-state index in [2.05, 4.69) is 10.3 Å². The third-order valence-corrected chi connectivity index (χ3v) is 2.37. The van der Waals surface area contributed by atoms with Gasteiger partial charge in [0.25, 0.3) is 5.91 Å². The van der Waals surface area contributed by atoms with Crippen LogP contribution in [0.4, 0.5) is 18.9 Å². The number of nitrogens with one attached hydrogen (secondary N) is 1. The van der Waals surface area contributed by atoms with E-state index in [9.17, 15) is 18.0 Å². The van der Waals surface area contributed by atoms with Crippen LogP contribution in [0.15, 0.2) is 48.7 Å². The molecule has 2 rings (SSSR count). The Morgan fingerprint density at radius 1 is 1.05 bits per heavy atom. The SMILES string of the molecule is O=C(Nc1ccc(C(F)(F)F)cc1)c1ccccn1. The summed E-state index contributed by atoms with van der Waals surface area (Å²) in [6, 6.07) is 9.04. The van der Waals surface area contributed by atoms with Crippen LogP contribution >= 0.6 is 0 Å². The number of amides is 1. The van der Waals surface area contributed by atoms with Crippen molar-refractivity contribution in [2.45, 2.75) is 6.18 Å². The van der Waals surface area contributed by atoms with Crippen molar-refractivity contribution in [1.29, 1.82) is 0 Å². The first-order chi connectivity index (χ1) is 8.97. The highest BCUT2D eigenvalue weighted by molar-refractivity contribution is 6.02. The van der Waals surface area contributed by atoms with Crippen molar-refractivity contribution in [2.75, 3.05) is 5.32 Å². The van der Waals surface area contributed by atoms with Crippen molar-refractivity contribution < 1.29 is 18.0 Å². The summed E-state index contributed by atoms with van der Waals surface area (Å²) in [7, 11) is 0. The van der Waals surface area contributed by atoms with Gasteiger partial charge in [-0.15, -0.1) is 0 Å². The quantitative estimate of drug-likeness (QED) is 0.905. The molecule has 19 heavy (non-hydrogen) atoms. The Kier molecular flexibility index (Phi) is 3.50. The standard InChI is InChI=1S/C13H9F3N2O/c14-13(15,16)9-4-6-10(7-5-9)18-12(19)11-3-1-2-8-17-11/h1-8H,(H,18,19). The first-order valence-corrected chi connectivity index (χ1v) is 5.36. The fraction of sp³-hybridized carbons (Fsp3) is 0.0769. The van der Waals surface area contributed by atoms with Gasteiger partial charge >= 0.3 is 6.18 Å². The van der Waals surface area contributed by atoms with Gasteiger partial charge in [0.15, 0.2) is 0 Å². The summed E-state index contributed by atoms with van der Waals surface area (Å²) in [6.45, 7) is 0. The summed E-state index contributed by atoms with van der Waals surface area (Å²) in [5.41, 5.74) is -0.283. The van der Waals surface area contributed by atoms with E-state index < -0.39 is 17.6 Å². The van der Waals surface area contributed by atoms with Crippen molar-refractivity contribution in [3.05, 3.63) is 59.9 Å². The molecule has 0 bridgehead atoms. The fourth-order valence-corrected chi connectivity index (χ4v) is 1.43. The Morgan fingerprint density at radius 3 is 2.26 bits per heavy atom. The second kappa shape index (κ2) is 5.09. The minimum absolute atomic E-state index is 0.197. The Hall–Kier alpha value is -2.37. The topological polar surface area (TPSA) is 42.0 Å². The summed E-state index contributed by atoms with van der Waals surface area (Å²) in [5, 5.41) is 2.47. The molecule has 1 heterocycles. The summed E-state index contributed by atoms with van der Waals surface area (Å²) >= 11 is 0. The molecule has 0 aliphatic rings. The number of pyridine rings is 1. The van der Waals surface area contributed by atoms with Crippen LogP contribution in [0, 0.1) is 0 Å². The summed E-state index contributed by atoms with van der Waals surface area (Å²) < 4.78 is 37.0. The Morgan fingerprint density at radius 2 is 1.74 bits per heavy atom. The predicted molar refractivity (Wildman–Crippen MR) is 63.6 cm³/mol. The monoisotopic (exact) mass is 266 g/mol. The summed E-state index contributed by atoms with van der Waals surface area (Å²) in [4.78, 5) is 15.5. The van der Waals surface area contributed by atoms with Gasteiger partial charge < -0.3 is 5.32 Å². The van der Waals surface area contributed by atoms with Crippen molar-refractivity contribution in [2.24, 2.45) is 0 Å². The van der Waals surface area contributed by atoms with E-state index in [0.29, 0.717) is 0 Å². The molecule has 1 aromatic carbocycles. The first kappa shape index (κ1) is 13.1. The highest BCUT2D eigenvalue weighted by Gasteiger charge is 2.29. The van der Waals surface area contributed by atoms with Crippen LogP contribution in [0.1, 0.15) is 16.1 Å². The molecule has 0 aliphatic carbocycles. The van der Waals surface area contributed by atoms with Crippen LogP contribution in [-0.4, -0.2) is 10.9 Å². The van der Waals surface area contributed by atoms with Gasteiger partial charge in [-0.3, -0.25) is 9.78 Å². The van der Waals surface area contributed by atoms with Crippen LogP contribution in [0.25, 0.3) is 0 Å². The largest absolute Gasteiger partial charge is 0.416 e. The van der Waals surface area contributed by atoms with Gasteiger partial charge in [-0.2, -0.15) is 13.2 Å². The van der Waals surface area contributed by atoms with Gasteiger partial charge in [0, 0.05) is 11.9 Å². The number of benzene rings is 1. The number of anilines is 1. The third-order valence-electron chi connectivity index (χ3n) is 2.37. The minimum Gasteiger partial charge on any atom is -0.321 e. The Bertz CT molecular complexity index is 565. The third kappa shape index (κ3) is 3.31. The van der Waals surface area contributed by atoms with E-state index in [0.717, 1.165) is 12.1 Å². The second-order valence-corrected chi connectivity index (χ2v) is 3.74. The minimum atomic E-state index is -4.39. The maximum atomic E-state index is 12.3. The van der Waals surface area contributed by atoms with Crippen molar-refractivity contribution in [1.82, 2.24) is 4.98 Å². The maximum Gasteiger partial charge on any atom is 0.416 e. The molecule has 0 aliphatic heterocycles. The van der Waals surface area contributed by atoms with Crippen LogP contribution in [0.2, 0.25) is 0 Å². The average molecular weight is 266 g/mol. The number of carbonyl (C=O) groups excluding carboxylic acids is 1. The molecule has 0 fully saturated rings. The maximum absolute atomic E-state index is 12.3. The first-order valence-electron chi connectivity index (χ1n) is 5.36. The van der Waals surface area contributed by atoms with Gasteiger partial charge in [0.1, 0.15) is 5.69 Å². The zero-order valence-electron chi connectivity index (χ0n) is 9.61. The van der Waals surface area contributed by atoms with Gasteiger partial charge in [-0.1, -0.05) is 6.07 Å². The van der Waals surface area contributed by atoms with E-state index in [1.807, 2.05) is 0 Å². The lowest BCUT2D eigenvalue weighted by Gasteiger charge is -2.08. The summed E-state index contributed by atoms with van der Waals surface area (Å²) in [5.74, 6) is -0.472. The zero-order chi connectivity index (χ0) is 13.9. The van der Waals surface area contributed by atoms with Gasteiger partial charge in [-0.25, -0.2) is 0 Å². The Balaban J connectivity index is 2.10. The van der Waals surface area contributed by atoms with E-state index >= 15 is 0 Å². The van der Waals surface area contributed by atoms with E-state index in [1.54, 1.807) is 12.1 Å². The van der Waals surface area contributed by atoms with Crippen LogP contribution < -0.4 is 5.32 Å². The summed E-state index contributed by atoms with van der Waals surface area (Å²) in [6.07, 6.45) is -2.93. The Labute approximate surface area is 107 Å². The lowest BCUT2D eigenvalue weighted by Crippen LogP contribution is -2.13.